The number of hydrogen-bond donors (Lipinski definition) is 3. The van der Waals surface area contributed by atoms with Crippen LogP contribution in [0.2, 0.25) is 0 Å². The summed E-state index contributed by atoms with van der Waals surface area (Å²) in [5.41, 5.74) is 6.41. The third-order valence-corrected chi connectivity index (χ3v) is 2.03. The lowest BCUT2D eigenvalue weighted by molar-refractivity contribution is -0.120. The molecular weight excluding hydrogens is 204 g/mol. The minimum Gasteiger partial charge on any atom is -0.384 e. The Morgan fingerprint density at radius 3 is 3.00 bits per heavy atom. The van der Waals surface area contributed by atoms with Gasteiger partial charge in [-0.2, -0.15) is 0 Å². The summed E-state index contributed by atoms with van der Waals surface area (Å²) < 4.78 is 0. The molecule has 1 heterocycles. The second-order valence-electron chi connectivity index (χ2n) is 3.50. The molecule has 88 valence electrons. The standard InChI is InChI=1S/C11H18N4O/c1-2-5-15-11(16)4-7-13-9-3-6-14-10(12)8-9/h3,6,8H,2,4-5,7H2,1H3,(H,15,16)(H3,12,13,14). The molecule has 16 heavy (non-hydrogen) atoms. The number of pyridine rings is 1. The molecule has 0 radical (unpaired) electrons. The largest absolute Gasteiger partial charge is 0.384 e. The van der Waals surface area contributed by atoms with Gasteiger partial charge in [0.25, 0.3) is 0 Å². The molecule has 1 aromatic heterocycles. The molecule has 5 heteroatoms. The predicted molar refractivity (Wildman–Crippen MR) is 65.1 cm³/mol. The number of anilines is 2. The number of hydrogen-bond acceptors (Lipinski definition) is 4. The molecule has 0 spiro atoms. The van der Waals surface area contributed by atoms with Crippen LogP contribution in [0.5, 0.6) is 0 Å². The highest BCUT2D eigenvalue weighted by Gasteiger charge is 1.99. The van der Waals surface area contributed by atoms with E-state index in [1.165, 1.54) is 0 Å². The first-order valence-corrected chi connectivity index (χ1v) is 5.44. The third kappa shape index (κ3) is 4.63. The normalized spacial score (nSPS) is 9.81. The Morgan fingerprint density at radius 2 is 2.31 bits per heavy atom. The molecule has 0 aliphatic heterocycles. The Kier molecular flexibility index (Phi) is 5.11. The van der Waals surface area contributed by atoms with Gasteiger partial charge in [0.05, 0.1) is 0 Å². The minimum atomic E-state index is 0.0661. The Bertz CT molecular complexity index is 341. The molecule has 4 N–H and O–H groups in total. The summed E-state index contributed by atoms with van der Waals surface area (Å²) in [5.74, 6) is 0.539. The van der Waals surface area contributed by atoms with Gasteiger partial charge in [-0.3, -0.25) is 4.79 Å². The highest BCUT2D eigenvalue weighted by Crippen LogP contribution is 2.08. The van der Waals surface area contributed by atoms with Crippen LogP contribution in [0.1, 0.15) is 19.8 Å². The smallest absolute Gasteiger partial charge is 0.221 e. The van der Waals surface area contributed by atoms with Crippen molar-refractivity contribution in [3.05, 3.63) is 18.3 Å². The number of rotatable bonds is 6. The van der Waals surface area contributed by atoms with Gasteiger partial charge in [-0.25, -0.2) is 4.98 Å². The molecule has 0 aromatic carbocycles. The van der Waals surface area contributed by atoms with Gasteiger partial charge in [0.15, 0.2) is 0 Å². The van der Waals surface area contributed by atoms with E-state index in [0.717, 1.165) is 18.7 Å². The fourth-order valence-electron chi connectivity index (χ4n) is 1.23. The Balaban J connectivity index is 2.22. The molecule has 0 saturated heterocycles. The molecular formula is C11H18N4O. The number of nitrogens with zero attached hydrogens (tertiary/aromatic N) is 1. The summed E-state index contributed by atoms with van der Waals surface area (Å²) in [5, 5.41) is 5.93. The Hall–Kier alpha value is -1.78. The van der Waals surface area contributed by atoms with Gasteiger partial charge >= 0.3 is 0 Å². The average molecular weight is 222 g/mol. The molecule has 0 aliphatic carbocycles. The van der Waals surface area contributed by atoms with E-state index in [1.54, 1.807) is 12.3 Å². The second-order valence-corrected chi connectivity index (χ2v) is 3.50. The van der Waals surface area contributed by atoms with Crippen molar-refractivity contribution in [2.75, 3.05) is 24.1 Å². The number of carbonyl (C=O) groups is 1. The summed E-state index contributed by atoms with van der Waals surface area (Å²) in [6.45, 7) is 3.36. The predicted octanol–water partition coefficient (Wildman–Crippen LogP) is 0.992. The first kappa shape index (κ1) is 12.3. The second kappa shape index (κ2) is 6.66. The summed E-state index contributed by atoms with van der Waals surface area (Å²) in [6, 6.07) is 3.56. The first-order valence-electron chi connectivity index (χ1n) is 5.44. The highest BCUT2D eigenvalue weighted by molar-refractivity contribution is 5.76. The molecule has 1 amide bonds. The van der Waals surface area contributed by atoms with Crippen LogP contribution >= 0.6 is 0 Å². The average Bonchev–Trinajstić information content (AvgIpc) is 2.26. The van der Waals surface area contributed by atoms with Crippen molar-refractivity contribution in [2.45, 2.75) is 19.8 Å². The van der Waals surface area contributed by atoms with E-state index in [2.05, 4.69) is 15.6 Å². The molecule has 1 aromatic rings. The van der Waals surface area contributed by atoms with Crippen LogP contribution in [-0.4, -0.2) is 24.0 Å². The third-order valence-electron chi connectivity index (χ3n) is 2.03. The number of nitrogens with two attached hydrogens (primary N) is 1. The van der Waals surface area contributed by atoms with E-state index in [9.17, 15) is 4.79 Å². The van der Waals surface area contributed by atoms with Crippen LogP contribution < -0.4 is 16.4 Å². The first-order chi connectivity index (χ1) is 7.72. The van der Waals surface area contributed by atoms with Gasteiger partial charge in [0.1, 0.15) is 5.82 Å². The topological polar surface area (TPSA) is 80.0 Å². The maximum Gasteiger partial charge on any atom is 0.221 e. The number of nitrogen functional groups attached to an aromatic ring is 1. The molecule has 5 nitrogen and oxygen atoms in total. The minimum absolute atomic E-state index is 0.0661. The lowest BCUT2D eigenvalue weighted by Gasteiger charge is -2.06. The quantitative estimate of drug-likeness (QED) is 0.670. The van der Waals surface area contributed by atoms with Gasteiger partial charge in [-0.15, -0.1) is 0 Å². The van der Waals surface area contributed by atoms with Crippen LogP contribution in [-0.2, 0) is 4.79 Å². The molecule has 0 saturated carbocycles. The maximum absolute atomic E-state index is 11.3. The molecule has 0 fully saturated rings. The fourth-order valence-corrected chi connectivity index (χ4v) is 1.23. The summed E-state index contributed by atoms with van der Waals surface area (Å²) >= 11 is 0. The summed E-state index contributed by atoms with van der Waals surface area (Å²) in [7, 11) is 0. The maximum atomic E-state index is 11.3. The summed E-state index contributed by atoms with van der Waals surface area (Å²) in [6.07, 6.45) is 3.05. The van der Waals surface area contributed by atoms with Crippen molar-refractivity contribution in [3.63, 3.8) is 0 Å². The van der Waals surface area contributed by atoms with Crippen molar-refractivity contribution < 1.29 is 4.79 Å². The molecule has 0 unspecified atom stereocenters. The lowest BCUT2D eigenvalue weighted by Crippen LogP contribution is -2.25. The zero-order valence-electron chi connectivity index (χ0n) is 9.49. The van der Waals surface area contributed by atoms with Crippen LogP contribution in [0.4, 0.5) is 11.5 Å². The van der Waals surface area contributed by atoms with Crippen molar-refractivity contribution >= 4 is 17.4 Å². The molecule has 0 aliphatic rings. The summed E-state index contributed by atoms with van der Waals surface area (Å²) in [4.78, 5) is 15.2. The SMILES string of the molecule is CCCNC(=O)CCNc1ccnc(N)c1. The number of nitrogens with one attached hydrogen (secondary N) is 2. The Labute approximate surface area is 95.4 Å². The van der Waals surface area contributed by atoms with Crippen LogP contribution in [0, 0.1) is 0 Å². The van der Waals surface area contributed by atoms with Gasteiger partial charge in [0, 0.05) is 37.5 Å². The van der Waals surface area contributed by atoms with Crippen molar-refractivity contribution in [2.24, 2.45) is 0 Å². The van der Waals surface area contributed by atoms with Crippen LogP contribution in [0.15, 0.2) is 18.3 Å². The molecule has 0 bridgehead atoms. The number of amides is 1. The number of carbonyl (C=O) groups excluding carboxylic acids is 1. The van der Waals surface area contributed by atoms with Gasteiger partial charge in [-0.05, 0) is 12.5 Å². The van der Waals surface area contributed by atoms with Crippen LogP contribution in [0.25, 0.3) is 0 Å². The van der Waals surface area contributed by atoms with Crippen molar-refractivity contribution in [3.8, 4) is 0 Å². The van der Waals surface area contributed by atoms with Gasteiger partial charge in [0.2, 0.25) is 5.91 Å². The monoisotopic (exact) mass is 222 g/mol. The molecule has 1 rings (SSSR count). The van der Waals surface area contributed by atoms with E-state index in [-0.39, 0.29) is 5.91 Å². The highest BCUT2D eigenvalue weighted by atomic mass is 16.1. The van der Waals surface area contributed by atoms with Crippen molar-refractivity contribution in [1.29, 1.82) is 0 Å². The Morgan fingerprint density at radius 1 is 1.50 bits per heavy atom. The molecule has 0 atom stereocenters. The zero-order chi connectivity index (χ0) is 11.8. The van der Waals surface area contributed by atoms with E-state index in [4.69, 9.17) is 5.73 Å². The lowest BCUT2D eigenvalue weighted by atomic mass is 10.3. The fraction of sp³-hybridized carbons (Fsp3) is 0.455. The van der Waals surface area contributed by atoms with Crippen molar-refractivity contribution in [1.82, 2.24) is 10.3 Å². The van der Waals surface area contributed by atoms with Gasteiger partial charge < -0.3 is 16.4 Å². The van der Waals surface area contributed by atoms with Gasteiger partial charge in [-0.1, -0.05) is 6.92 Å². The van der Waals surface area contributed by atoms with E-state index >= 15 is 0 Å². The zero-order valence-corrected chi connectivity index (χ0v) is 9.49. The van der Waals surface area contributed by atoms with Crippen LogP contribution in [0.3, 0.4) is 0 Å². The van der Waals surface area contributed by atoms with E-state index in [1.807, 2.05) is 13.0 Å². The van der Waals surface area contributed by atoms with E-state index < -0.39 is 0 Å². The number of aromatic nitrogens is 1. The van der Waals surface area contributed by atoms with E-state index in [0.29, 0.717) is 18.8 Å².